The Hall–Kier alpha value is -2.16. The van der Waals surface area contributed by atoms with Gasteiger partial charge in [0.1, 0.15) is 11.0 Å². The summed E-state index contributed by atoms with van der Waals surface area (Å²) in [5, 5.41) is 9.11. The molecule has 0 saturated heterocycles. The van der Waals surface area contributed by atoms with Gasteiger partial charge in [0.05, 0.1) is 5.69 Å². The molecular weight excluding hydrogens is 234 g/mol. The molecule has 19 heavy (non-hydrogen) atoms. The maximum Gasteiger partial charge on any atom is 0.113 e. The summed E-state index contributed by atoms with van der Waals surface area (Å²) in [6.07, 6.45) is 3.46. The van der Waals surface area contributed by atoms with E-state index in [9.17, 15) is 0 Å². The van der Waals surface area contributed by atoms with Gasteiger partial charge in [-0.25, -0.2) is 0 Å². The fourth-order valence-electron chi connectivity index (χ4n) is 2.25. The lowest BCUT2D eigenvalue weighted by atomic mass is 10.1. The molecular formula is C16H17N3. The Labute approximate surface area is 112 Å². The van der Waals surface area contributed by atoms with Crippen molar-refractivity contribution in [3.05, 3.63) is 54.1 Å². The molecule has 3 heteroatoms. The highest BCUT2D eigenvalue weighted by molar-refractivity contribution is 5.73. The van der Waals surface area contributed by atoms with Gasteiger partial charge in [0, 0.05) is 0 Å². The number of aryl methyl sites for hydroxylation is 1. The van der Waals surface area contributed by atoms with Gasteiger partial charge in [-0.3, -0.25) is 0 Å². The number of rotatable bonds is 4. The molecule has 0 bridgehead atoms. The quantitative estimate of drug-likeness (QED) is 0.706. The summed E-state index contributed by atoms with van der Waals surface area (Å²) in [5.74, 6) is 0. The molecule has 0 atom stereocenters. The number of hydrogen-bond acceptors (Lipinski definition) is 2. The monoisotopic (exact) mass is 251 g/mol. The number of nitrogens with zero attached hydrogens (tertiary/aromatic N) is 3. The molecule has 1 aromatic heterocycles. The fraction of sp³-hybridized carbons (Fsp3) is 0.250. The summed E-state index contributed by atoms with van der Waals surface area (Å²) >= 11 is 0. The third kappa shape index (κ3) is 2.36. The van der Waals surface area contributed by atoms with Crippen LogP contribution in [0.15, 0.2) is 48.5 Å². The zero-order valence-electron chi connectivity index (χ0n) is 11.1. The number of benzene rings is 2. The summed E-state index contributed by atoms with van der Waals surface area (Å²) in [4.78, 5) is 1.76. The van der Waals surface area contributed by atoms with Crippen LogP contribution in [0.5, 0.6) is 0 Å². The standard InChI is InChI=1S/C16H17N3/c1-2-3-8-13-9-4-7-12-16(13)19-17-14-10-5-6-11-15(14)18-19/h4-7,9-12H,2-3,8H2,1H3. The highest BCUT2D eigenvalue weighted by atomic mass is 15.5. The molecule has 3 nitrogen and oxygen atoms in total. The van der Waals surface area contributed by atoms with Crippen LogP contribution in [-0.4, -0.2) is 15.0 Å². The predicted molar refractivity (Wildman–Crippen MR) is 77.5 cm³/mol. The van der Waals surface area contributed by atoms with E-state index in [-0.39, 0.29) is 0 Å². The SMILES string of the molecule is CCCCc1ccccc1-n1nc2ccccc2n1. The molecule has 3 rings (SSSR count). The van der Waals surface area contributed by atoms with Crippen LogP contribution >= 0.6 is 0 Å². The van der Waals surface area contributed by atoms with E-state index in [1.54, 1.807) is 4.80 Å². The second-order valence-corrected chi connectivity index (χ2v) is 4.71. The Kier molecular flexibility index (Phi) is 3.27. The van der Waals surface area contributed by atoms with E-state index in [1.165, 1.54) is 18.4 Å². The first-order chi connectivity index (χ1) is 9.38. The van der Waals surface area contributed by atoms with Gasteiger partial charge in [0.25, 0.3) is 0 Å². The van der Waals surface area contributed by atoms with E-state index < -0.39 is 0 Å². The normalized spacial score (nSPS) is 11.0. The Morgan fingerprint density at radius 3 is 2.21 bits per heavy atom. The largest absolute Gasteiger partial charge is 0.150 e. The van der Waals surface area contributed by atoms with Crippen molar-refractivity contribution in [3.63, 3.8) is 0 Å². The highest BCUT2D eigenvalue weighted by Crippen LogP contribution is 2.17. The summed E-state index contributed by atoms with van der Waals surface area (Å²) < 4.78 is 0. The molecule has 3 aromatic rings. The summed E-state index contributed by atoms with van der Waals surface area (Å²) in [7, 11) is 0. The second kappa shape index (κ2) is 5.22. The van der Waals surface area contributed by atoms with E-state index in [1.807, 2.05) is 30.3 Å². The van der Waals surface area contributed by atoms with Crippen LogP contribution in [0.1, 0.15) is 25.3 Å². The maximum absolute atomic E-state index is 4.56. The topological polar surface area (TPSA) is 30.7 Å². The van der Waals surface area contributed by atoms with E-state index in [0.717, 1.165) is 23.1 Å². The van der Waals surface area contributed by atoms with Gasteiger partial charge in [-0.2, -0.15) is 4.80 Å². The van der Waals surface area contributed by atoms with Crippen molar-refractivity contribution in [2.45, 2.75) is 26.2 Å². The minimum atomic E-state index is 0.938. The van der Waals surface area contributed by atoms with Gasteiger partial charge in [-0.15, -0.1) is 10.2 Å². The molecule has 2 aromatic carbocycles. The van der Waals surface area contributed by atoms with Crippen molar-refractivity contribution >= 4 is 11.0 Å². The van der Waals surface area contributed by atoms with Gasteiger partial charge >= 0.3 is 0 Å². The van der Waals surface area contributed by atoms with E-state index in [0.29, 0.717) is 0 Å². The van der Waals surface area contributed by atoms with Crippen LogP contribution in [0.2, 0.25) is 0 Å². The molecule has 0 fully saturated rings. The van der Waals surface area contributed by atoms with Gasteiger partial charge in [0.15, 0.2) is 0 Å². The van der Waals surface area contributed by atoms with Gasteiger partial charge in [-0.05, 0) is 36.6 Å². The van der Waals surface area contributed by atoms with E-state index >= 15 is 0 Å². The first kappa shape index (κ1) is 11.9. The maximum atomic E-state index is 4.56. The lowest BCUT2D eigenvalue weighted by Crippen LogP contribution is -2.03. The first-order valence-electron chi connectivity index (χ1n) is 6.79. The van der Waals surface area contributed by atoms with Crippen molar-refractivity contribution in [1.29, 1.82) is 0 Å². The Bertz CT molecular complexity index is 652. The number of unbranched alkanes of at least 4 members (excludes halogenated alkanes) is 1. The Morgan fingerprint density at radius 2 is 1.53 bits per heavy atom. The van der Waals surface area contributed by atoms with Gasteiger partial charge in [-0.1, -0.05) is 43.7 Å². The molecule has 0 N–H and O–H groups in total. The number of para-hydroxylation sites is 1. The number of aromatic nitrogens is 3. The minimum Gasteiger partial charge on any atom is -0.150 e. The lowest BCUT2D eigenvalue weighted by Gasteiger charge is -2.07. The lowest BCUT2D eigenvalue weighted by molar-refractivity contribution is 0.734. The molecule has 1 heterocycles. The van der Waals surface area contributed by atoms with Crippen molar-refractivity contribution in [3.8, 4) is 5.69 Å². The molecule has 0 saturated carbocycles. The number of fused-ring (bicyclic) bond motifs is 1. The van der Waals surface area contributed by atoms with Crippen molar-refractivity contribution in [1.82, 2.24) is 15.0 Å². The zero-order valence-corrected chi connectivity index (χ0v) is 11.1. The van der Waals surface area contributed by atoms with Gasteiger partial charge < -0.3 is 0 Å². The summed E-state index contributed by atoms with van der Waals surface area (Å²) in [5.41, 5.74) is 4.28. The molecule has 0 amide bonds. The van der Waals surface area contributed by atoms with Crippen molar-refractivity contribution in [2.24, 2.45) is 0 Å². The molecule has 0 aliphatic rings. The van der Waals surface area contributed by atoms with Crippen LogP contribution in [0, 0.1) is 0 Å². The molecule has 0 unspecified atom stereocenters. The van der Waals surface area contributed by atoms with E-state index in [2.05, 4.69) is 35.3 Å². The third-order valence-electron chi connectivity index (χ3n) is 3.29. The second-order valence-electron chi connectivity index (χ2n) is 4.71. The van der Waals surface area contributed by atoms with Crippen molar-refractivity contribution < 1.29 is 0 Å². The van der Waals surface area contributed by atoms with Crippen LogP contribution < -0.4 is 0 Å². The molecule has 0 radical (unpaired) electrons. The molecule has 96 valence electrons. The molecule has 0 aliphatic carbocycles. The van der Waals surface area contributed by atoms with Crippen LogP contribution in [0.3, 0.4) is 0 Å². The fourth-order valence-corrected chi connectivity index (χ4v) is 2.25. The zero-order chi connectivity index (χ0) is 13.1. The molecule has 0 aliphatic heterocycles. The average Bonchev–Trinajstić information content (AvgIpc) is 2.89. The smallest absolute Gasteiger partial charge is 0.113 e. The average molecular weight is 251 g/mol. The Morgan fingerprint density at radius 1 is 0.895 bits per heavy atom. The van der Waals surface area contributed by atoms with Gasteiger partial charge in [0.2, 0.25) is 0 Å². The highest BCUT2D eigenvalue weighted by Gasteiger charge is 2.07. The minimum absolute atomic E-state index is 0.938. The molecule has 0 spiro atoms. The van der Waals surface area contributed by atoms with Crippen molar-refractivity contribution in [2.75, 3.05) is 0 Å². The van der Waals surface area contributed by atoms with Crippen LogP contribution in [0.25, 0.3) is 16.7 Å². The predicted octanol–water partition coefficient (Wildman–Crippen LogP) is 3.76. The van der Waals surface area contributed by atoms with Crippen LogP contribution in [-0.2, 0) is 6.42 Å². The summed E-state index contributed by atoms with van der Waals surface area (Å²) in [6, 6.07) is 16.3. The summed E-state index contributed by atoms with van der Waals surface area (Å²) in [6.45, 7) is 2.21. The first-order valence-corrected chi connectivity index (χ1v) is 6.79. The Balaban J connectivity index is 2.05. The van der Waals surface area contributed by atoms with E-state index in [4.69, 9.17) is 0 Å². The van der Waals surface area contributed by atoms with Crippen LogP contribution in [0.4, 0.5) is 0 Å². The number of hydrogen-bond donors (Lipinski definition) is 0. The third-order valence-corrected chi connectivity index (χ3v) is 3.29.